The molecule has 11 heavy (non-hydrogen) atoms. The highest BCUT2D eigenvalue weighted by Gasteiger charge is 2.05. The van der Waals surface area contributed by atoms with Gasteiger partial charge in [0.15, 0.2) is 0 Å². The lowest BCUT2D eigenvalue weighted by Crippen LogP contribution is -2.18. The predicted molar refractivity (Wildman–Crippen MR) is 46.5 cm³/mol. The summed E-state index contributed by atoms with van der Waals surface area (Å²) in [6.07, 6.45) is 1.00. The zero-order valence-corrected chi connectivity index (χ0v) is 7.13. The number of ether oxygens (including phenoxy) is 1. The average molecular weight is 154 g/mol. The summed E-state index contributed by atoms with van der Waals surface area (Å²) >= 11 is 0. The molecule has 0 saturated heterocycles. The lowest BCUT2D eigenvalue weighted by atomic mass is 10.3. The van der Waals surface area contributed by atoms with Crippen molar-refractivity contribution in [1.82, 2.24) is 0 Å². The van der Waals surface area contributed by atoms with Crippen molar-refractivity contribution in [2.45, 2.75) is 20.3 Å². The van der Waals surface area contributed by atoms with Gasteiger partial charge >= 0.3 is 0 Å². The number of hydrogen-bond donors (Lipinski definition) is 0. The van der Waals surface area contributed by atoms with Crippen molar-refractivity contribution in [2.75, 3.05) is 19.7 Å². The molecule has 0 aliphatic carbocycles. The lowest BCUT2D eigenvalue weighted by molar-refractivity contribution is 0.320. The SMILES string of the molecule is CCOC1=NCC(CC)=NC1. The van der Waals surface area contributed by atoms with Crippen LogP contribution in [0.5, 0.6) is 0 Å². The summed E-state index contributed by atoms with van der Waals surface area (Å²) in [4.78, 5) is 8.54. The molecule has 0 saturated carbocycles. The van der Waals surface area contributed by atoms with Gasteiger partial charge in [-0.1, -0.05) is 6.92 Å². The van der Waals surface area contributed by atoms with Gasteiger partial charge in [0, 0.05) is 5.71 Å². The minimum Gasteiger partial charge on any atom is -0.480 e. The zero-order valence-electron chi connectivity index (χ0n) is 7.13. The molecule has 0 spiro atoms. The Hall–Kier alpha value is -0.860. The highest BCUT2D eigenvalue weighted by atomic mass is 16.5. The molecule has 1 aliphatic heterocycles. The van der Waals surface area contributed by atoms with E-state index in [0.29, 0.717) is 13.2 Å². The Morgan fingerprint density at radius 1 is 1.27 bits per heavy atom. The number of rotatable bonds is 2. The Labute approximate surface area is 67.2 Å². The lowest BCUT2D eigenvalue weighted by Gasteiger charge is -2.10. The van der Waals surface area contributed by atoms with E-state index < -0.39 is 0 Å². The third kappa shape index (κ3) is 2.33. The maximum atomic E-state index is 5.22. The summed E-state index contributed by atoms with van der Waals surface area (Å²) in [5.41, 5.74) is 1.17. The van der Waals surface area contributed by atoms with E-state index in [9.17, 15) is 0 Å². The molecule has 3 heteroatoms. The first-order chi connectivity index (χ1) is 5.36. The molecular formula is C8H14N2O. The molecule has 0 amide bonds. The Kier molecular flexibility index (Phi) is 3.08. The summed E-state index contributed by atoms with van der Waals surface area (Å²) in [7, 11) is 0. The van der Waals surface area contributed by atoms with Crippen molar-refractivity contribution >= 4 is 11.6 Å². The molecule has 0 fully saturated rings. The van der Waals surface area contributed by atoms with Crippen LogP contribution in [-0.4, -0.2) is 31.3 Å². The summed E-state index contributed by atoms with van der Waals surface area (Å²) < 4.78 is 5.22. The monoisotopic (exact) mass is 154 g/mol. The van der Waals surface area contributed by atoms with Crippen LogP contribution in [0.1, 0.15) is 20.3 Å². The van der Waals surface area contributed by atoms with E-state index in [1.807, 2.05) is 6.92 Å². The first-order valence-corrected chi connectivity index (χ1v) is 4.05. The quantitative estimate of drug-likeness (QED) is 0.590. The Morgan fingerprint density at radius 3 is 2.55 bits per heavy atom. The molecule has 0 bridgehead atoms. The molecule has 62 valence electrons. The second kappa shape index (κ2) is 4.11. The zero-order chi connectivity index (χ0) is 8.10. The molecule has 0 unspecified atom stereocenters. The molecule has 1 rings (SSSR count). The maximum absolute atomic E-state index is 5.22. The van der Waals surface area contributed by atoms with Gasteiger partial charge in [-0.2, -0.15) is 0 Å². The van der Waals surface area contributed by atoms with Gasteiger partial charge in [0.1, 0.15) is 6.54 Å². The minimum absolute atomic E-state index is 0.636. The fraction of sp³-hybridized carbons (Fsp3) is 0.750. The second-order valence-corrected chi connectivity index (χ2v) is 2.38. The van der Waals surface area contributed by atoms with Gasteiger partial charge < -0.3 is 4.74 Å². The predicted octanol–water partition coefficient (Wildman–Crippen LogP) is 1.29. The second-order valence-electron chi connectivity index (χ2n) is 2.38. The van der Waals surface area contributed by atoms with Crippen molar-refractivity contribution in [1.29, 1.82) is 0 Å². The molecule has 3 nitrogen and oxygen atoms in total. The van der Waals surface area contributed by atoms with Crippen molar-refractivity contribution < 1.29 is 4.74 Å². The van der Waals surface area contributed by atoms with Gasteiger partial charge in [-0.25, -0.2) is 4.99 Å². The smallest absolute Gasteiger partial charge is 0.205 e. The fourth-order valence-electron chi connectivity index (χ4n) is 0.940. The van der Waals surface area contributed by atoms with Crippen LogP contribution in [0.3, 0.4) is 0 Å². The van der Waals surface area contributed by atoms with Gasteiger partial charge in [-0.05, 0) is 13.3 Å². The largest absolute Gasteiger partial charge is 0.480 e. The van der Waals surface area contributed by atoms with Crippen molar-refractivity contribution in [2.24, 2.45) is 9.98 Å². The number of aliphatic imine (C=N–C) groups is 2. The van der Waals surface area contributed by atoms with Crippen LogP contribution in [0.2, 0.25) is 0 Å². The first kappa shape index (κ1) is 8.24. The van der Waals surface area contributed by atoms with E-state index in [0.717, 1.165) is 18.9 Å². The van der Waals surface area contributed by atoms with E-state index in [-0.39, 0.29) is 0 Å². The normalized spacial score (nSPS) is 17.3. The van der Waals surface area contributed by atoms with Gasteiger partial charge in [0.05, 0.1) is 13.2 Å². The maximum Gasteiger partial charge on any atom is 0.205 e. The molecule has 0 aromatic heterocycles. The molecule has 0 aromatic rings. The minimum atomic E-state index is 0.636. The van der Waals surface area contributed by atoms with Crippen LogP contribution in [0.25, 0.3) is 0 Å². The molecular weight excluding hydrogens is 140 g/mol. The Morgan fingerprint density at radius 2 is 2.09 bits per heavy atom. The van der Waals surface area contributed by atoms with E-state index in [2.05, 4.69) is 16.9 Å². The summed E-state index contributed by atoms with van der Waals surface area (Å²) in [6, 6.07) is 0. The van der Waals surface area contributed by atoms with E-state index in [4.69, 9.17) is 4.74 Å². The van der Waals surface area contributed by atoms with Crippen LogP contribution in [-0.2, 0) is 4.74 Å². The van der Waals surface area contributed by atoms with Crippen LogP contribution in [0, 0.1) is 0 Å². The van der Waals surface area contributed by atoms with E-state index >= 15 is 0 Å². The summed E-state index contributed by atoms with van der Waals surface area (Å²) in [5, 5.41) is 0. The third-order valence-corrected chi connectivity index (χ3v) is 1.59. The highest BCUT2D eigenvalue weighted by molar-refractivity contribution is 5.93. The molecule has 1 heterocycles. The molecule has 1 aliphatic rings. The van der Waals surface area contributed by atoms with Crippen LogP contribution in [0.4, 0.5) is 0 Å². The van der Waals surface area contributed by atoms with Crippen molar-refractivity contribution in [3.8, 4) is 0 Å². The van der Waals surface area contributed by atoms with Gasteiger partial charge in [0.25, 0.3) is 0 Å². The Bertz CT molecular complexity index is 185. The topological polar surface area (TPSA) is 34.0 Å². The van der Waals surface area contributed by atoms with Crippen LogP contribution >= 0.6 is 0 Å². The van der Waals surface area contributed by atoms with Crippen LogP contribution in [0.15, 0.2) is 9.98 Å². The van der Waals surface area contributed by atoms with Gasteiger partial charge in [-0.15, -0.1) is 0 Å². The average Bonchev–Trinajstić information content (AvgIpc) is 2.07. The summed E-state index contributed by atoms with van der Waals surface area (Å²) in [5.74, 6) is 0.782. The van der Waals surface area contributed by atoms with Gasteiger partial charge in [-0.3, -0.25) is 4.99 Å². The highest BCUT2D eigenvalue weighted by Crippen LogP contribution is 1.97. The fourth-order valence-corrected chi connectivity index (χ4v) is 0.940. The number of nitrogens with zero attached hydrogens (tertiary/aromatic N) is 2. The molecule has 0 aromatic carbocycles. The molecule has 0 radical (unpaired) electrons. The van der Waals surface area contributed by atoms with Crippen LogP contribution < -0.4 is 0 Å². The first-order valence-electron chi connectivity index (χ1n) is 4.05. The van der Waals surface area contributed by atoms with E-state index in [1.54, 1.807) is 0 Å². The number of hydrogen-bond acceptors (Lipinski definition) is 3. The standard InChI is InChI=1S/C8H14N2O/c1-3-7-5-10-8(6-9-7)11-4-2/h3-6H2,1-2H3. The molecule has 0 N–H and O–H groups in total. The Balaban J connectivity index is 2.37. The van der Waals surface area contributed by atoms with Gasteiger partial charge in [0.2, 0.25) is 5.90 Å². The van der Waals surface area contributed by atoms with E-state index in [1.165, 1.54) is 5.71 Å². The van der Waals surface area contributed by atoms with Crippen molar-refractivity contribution in [3.63, 3.8) is 0 Å². The van der Waals surface area contributed by atoms with Crippen molar-refractivity contribution in [3.05, 3.63) is 0 Å². The third-order valence-electron chi connectivity index (χ3n) is 1.59. The molecule has 0 atom stereocenters. The summed E-state index contributed by atoms with van der Waals surface area (Å²) in [6.45, 7) is 6.11.